The molecule has 1 atom stereocenters. The minimum Gasteiger partial charge on any atom is -0.480 e. The predicted molar refractivity (Wildman–Crippen MR) is 75.1 cm³/mol. The quantitative estimate of drug-likeness (QED) is 0.675. The van der Waals surface area contributed by atoms with E-state index in [1.807, 2.05) is 6.92 Å². The summed E-state index contributed by atoms with van der Waals surface area (Å²) in [7, 11) is 0. The third kappa shape index (κ3) is 4.37. The minimum absolute atomic E-state index is 0.0373. The van der Waals surface area contributed by atoms with E-state index in [4.69, 9.17) is 10.8 Å². The van der Waals surface area contributed by atoms with Gasteiger partial charge in [0.2, 0.25) is 5.91 Å². The van der Waals surface area contributed by atoms with Gasteiger partial charge < -0.3 is 20.7 Å². The lowest BCUT2D eigenvalue weighted by atomic mass is 10.1. The molecule has 0 saturated carbocycles. The summed E-state index contributed by atoms with van der Waals surface area (Å²) < 4.78 is 2.42. The standard InChI is InChI=1S/C12H16BrN3O4/c1-2-16-6-7(13)5-9(16)11(18)15-8(12(19)20)3-4-10(14)17/h5-6,8H,2-4H2,1H3,(H2,14,17)(H,15,18)(H,19,20)/t8-/m1/s1. The summed E-state index contributed by atoms with van der Waals surface area (Å²) in [6.45, 7) is 2.44. The molecule has 2 amide bonds. The van der Waals surface area contributed by atoms with Crippen LogP contribution in [0, 0.1) is 0 Å². The van der Waals surface area contributed by atoms with E-state index in [-0.39, 0.29) is 12.8 Å². The van der Waals surface area contributed by atoms with E-state index >= 15 is 0 Å². The molecular weight excluding hydrogens is 330 g/mol. The van der Waals surface area contributed by atoms with Gasteiger partial charge in [0.25, 0.3) is 5.91 Å². The number of amides is 2. The van der Waals surface area contributed by atoms with Gasteiger partial charge in [0.1, 0.15) is 11.7 Å². The lowest BCUT2D eigenvalue weighted by molar-refractivity contribution is -0.139. The van der Waals surface area contributed by atoms with Crippen molar-refractivity contribution in [1.29, 1.82) is 0 Å². The first kappa shape index (κ1) is 16.2. The molecular formula is C12H16BrN3O4. The van der Waals surface area contributed by atoms with Crippen LogP contribution in [0.3, 0.4) is 0 Å². The number of nitrogens with zero attached hydrogens (tertiary/aromatic N) is 1. The number of nitrogens with two attached hydrogens (primary N) is 1. The molecule has 1 rings (SSSR count). The Morgan fingerprint density at radius 1 is 1.50 bits per heavy atom. The summed E-state index contributed by atoms with van der Waals surface area (Å²) in [5.41, 5.74) is 5.33. The van der Waals surface area contributed by atoms with E-state index in [0.717, 1.165) is 4.47 Å². The highest BCUT2D eigenvalue weighted by atomic mass is 79.9. The van der Waals surface area contributed by atoms with Crippen molar-refractivity contribution in [2.75, 3.05) is 0 Å². The van der Waals surface area contributed by atoms with Gasteiger partial charge in [-0.05, 0) is 35.3 Å². The molecule has 1 heterocycles. The van der Waals surface area contributed by atoms with Crippen LogP contribution < -0.4 is 11.1 Å². The molecule has 1 aromatic rings. The number of primary amides is 1. The predicted octanol–water partition coefficient (Wildman–Crippen LogP) is 0.719. The van der Waals surface area contributed by atoms with Crippen molar-refractivity contribution in [3.63, 3.8) is 0 Å². The Morgan fingerprint density at radius 2 is 2.15 bits per heavy atom. The number of carbonyl (C=O) groups is 3. The molecule has 0 spiro atoms. The maximum atomic E-state index is 12.1. The largest absolute Gasteiger partial charge is 0.480 e. The summed E-state index contributed by atoms with van der Waals surface area (Å²) in [5.74, 6) is -2.31. The van der Waals surface area contributed by atoms with Gasteiger partial charge >= 0.3 is 5.97 Å². The van der Waals surface area contributed by atoms with E-state index < -0.39 is 23.8 Å². The monoisotopic (exact) mass is 345 g/mol. The Hall–Kier alpha value is -1.83. The molecule has 0 aliphatic carbocycles. The zero-order valence-corrected chi connectivity index (χ0v) is 12.5. The van der Waals surface area contributed by atoms with Crippen LogP contribution in [0.15, 0.2) is 16.7 Å². The van der Waals surface area contributed by atoms with E-state index in [1.54, 1.807) is 16.8 Å². The first-order valence-corrected chi connectivity index (χ1v) is 6.82. The molecule has 0 fully saturated rings. The van der Waals surface area contributed by atoms with Crippen LogP contribution in [0.1, 0.15) is 30.3 Å². The molecule has 0 aliphatic heterocycles. The number of carboxylic acids is 1. The first-order valence-electron chi connectivity index (χ1n) is 6.02. The summed E-state index contributed by atoms with van der Waals surface area (Å²) >= 11 is 3.26. The minimum atomic E-state index is -1.20. The van der Waals surface area contributed by atoms with Gasteiger partial charge in [-0.3, -0.25) is 9.59 Å². The molecule has 0 aliphatic rings. The summed E-state index contributed by atoms with van der Waals surface area (Å²) in [5, 5.41) is 11.4. The Bertz CT molecular complexity index is 527. The molecule has 8 heteroatoms. The maximum absolute atomic E-state index is 12.1. The van der Waals surface area contributed by atoms with Crippen LogP contribution in [0.25, 0.3) is 0 Å². The average molecular weight is 346 g/mol. The maximum Gasteiger partial charge on any atom is 0.326 e. The molecule has 1 aromatic heterocycles. The zero-order chi connectivity index (χ0) is 15.3. The lowest BCUT2D eigenvalue weighted by Gasteiger charge is -2.14. The Balaban J connectivity index is 2.79. The highest BCUT2D eigenvalue weighted by molar-refractivity contribution is 9.10. The number of hydrogen-bond donors (Lipinski definition) is 3. The zero-order valence-electron chi connectivity index (χ0n) is 10.9. The summed E-state index contributed by atoms with van der Waals surface area (Å²) in [4.78, 5) is 33.8. The smallest absolute Gasteiger partial charge is 0.326 e. The molecule has 0 saturated heterocycles. The highest BCUT2D eigenvalue weighted by Gasteiger charge is 2.22. The van der Waals surface area contributed by atoms with E-state index in [9.17, 15) is 14.4 Å². The molecule has 4 N–H and O–H groups in total. The number of aromatic nitrogens is 1. The summed E-state index contributed by atoms with van der Waals surface area (Å²) in [6.07, 6.45) is 1.59. The fraction of sp³-hybridized carbons (Fsp3) is 0.417. The first-order chi connectivity index (χ1) is 9.35. The number of aliphatic carboxylic acids is 1. The van der Waals surface area contributed by atoms with Crippen LogP contribution in [0.2, 0.25) is 0 Å². The van der Waals surface area contributed by atoms with Crippen molar-refractivity contribution in [3.8, 4) is 0 Å². The van der Waals surface area contributed by atoms with Gasteiger partial charge in [0.05, 0.1) is 0 Å². The lowest BCUT2D eigenvalue weighted by Crippen LogP contribution is -2.42. The van der Waals surface area contributed by atoms with Gasteiger partial charge in [-0.2, -0.15) is 0 Å². The van der Waals surface area contributed by atoms with Crippen molar-refractivity contribution < 1.29 is 19.5 Å². The molecule has 0 radical (unpaired) electrons. The third-order valence-electron chi connectivity index (χ3n) is 2.72. The summed E-state index contributed by atoms with van der Waals surface area (Å²) in [6, 6.07) is 0.459. The number of nitrogens with one attached hydrogen (secondary N) is 1. The molecule has 0 aromatic carbocycles. The molecule has 0 unspecified atom stereocenters. The van der Waals surface area contributed by atoms with Crippen LogP contribution in [0.4, 0.5) is 0 Å². The number of carboxylic acid groups (broad SMARTS) is 1. The van der Waals surface area contributed by atoms with Gasteiger partial charge in [-0.1, -0.05) is 0 Å². The molecule has 20 heavy (non-hydrogen) atoms. The fourth-order valence-electron chi connectivity index (χ4n) is 1.70. The van der Waals surface area contributed by atoms with Crippen molar-refractivity contribution in [3.05, 3.63) is 22.4 Å². The number of aryl methyl sites for hydroxylation is 1. The third-order valence-corrected chi connectivity index (χ3v) is 3.15. The Kier molecular flexibility index (Phi) is 5.75. The number of hydrogen-bond acceptors (Lipinski definition) is 3. The van der Waals surface area contributed by atoms with Crippen molar-refractivity contribution in [2.24, 2.45) is 5.73 Å². The van der Waals surface area contributed by atoms with Crippen LogP contribution in [0.5, 0.6) is 0 Å². The normalized spacial score (nSPS) is 11.9. The molecule has 110 valence electrons. The van der Waals surface area contributed by atoms with Gasteiger partial charge in [-0.15, -0.1) is 0 Å². The highest BCUT2D eigenvalue weighted by Crippen LogP contribution is 2.15. The van der Waals surface area contributed by atoms with E-state index in [1.165, 1.54) is 0 Å². The van der Waals surface area contributed by atoms with Crippen LogP contribution in [-0.2, 0) is 16.1 Å². The number of rotatable bonds is 7. The topological polar surface area (TPSA) is 114 Å². The van der Waals surface area contributed by atoms with Crippen molar-refractivity contribution in [1.82, 2.24) is 9.88 Å². The molecule has 0 bridgehead atoms. The fourth-order valence-corrected chi connectivity index (χ4v) is 2.17. The van der Waals surface area contributed by atoms with Gasteiger partial charge in [0, 0.05) is 23.6 Å². The second kappa shape index (κ2) is 7.09. The van der Waals surface area contributed by atoms with Gasteiger partial charge in [-0.25, -0.2) is 4.79 Å². The molecule has 7 nitrogen and oxygen atoms in total. The van der Waals surface area contributed by atoms with Crippen molar-refractivity contribution >= 4 is 33.7 Å². The number of carbonyl (C=O) groups excluding carboxylic acids is 2. The SMILES string of the molecule is CCn1cc(Br)cc1C(=O)N[C@H](CCC(N)=O)C(=O)O. The van der Waals surface area contributed by atoms with E-state index in [0.29, 0.717) is 12.2 Å². The van der Waals surface area contributed by atoms with Crippen LogP contribution in [-0.4, -0.2) is 33.5 Å². The van der Waals surface area contributed by atoms with E-state index in [2.05, 4.69) is 21.2 Å². The van der Waals surface area contributed by atoms with Crippen molar-refractivity contribution in [2.45, 2.75) is 32.4 Å². The average Bonchev–Trinajstić information content (AvgIpc) is 2.74. The second-order valence-electron chi connectivity index (χ2n) is 4.20. The Morgan fingerprint density at radius 3 is 2.65 bits per heavy atom. The Labute approximate surface area is 124 Å². The second-order valence-corrected chi connectivity index (χ2v) is 5.11. The number of halogens is 1. The van der Waals surface area contributed by atoms with Gasteiger partial charge in [0.15, 0.2) is 0 Å². The van der Waals surface area contributed by atoms with Crippen LogP contribution >= 0.6 is 15.9 Å².